The van der Waals surface area contributed by atoms with Gasteiger partial charge in [-0.3, -0.25) is 4.90 Å². The first-order chi connectivity index (χ1) is 8.11. The van der Waals surface area contributed by atoms with E-state index < -0.39 is 3.74 Å². The first-order valence-corrected chi connectivity index (χ1v) is 8.12. The van der Waals surface area contributed by atoms with E-state index in [0.29, 0.717) is 6.61 Å². The summed E-state index contributed by atoms with van der Waals surface area (Å²) < 4.78 is 4.73. The lowest BCUT2D eigenvalue weighted by atomic mass is 10.2. The van der Waals surface area contributed by atoms with Crippen molar-refractivity contribution in [1.29, 1.82) is 0 Å². The number of alkyl halides is 2. The van der Waals surface area contributed by atoms with Crippen LogP contribution in [0.1, 0.15) is 39.5 Å². The number of halogens is 2. The van der Waals surface area contributed by atoms with Crippen LogP contribution < -0.4 is 0 Å². The molecule has 0 fully saturated rings. The molecule has 102 valence electrons. The molecule has 0 aromatic heterocycles. The summed E-state index contributed by atoms with van der Waals surface area (Å²) in [4.78, 5) is 13.6. The molecule has 3 nitrogen and oxygen atoms in total. The van der Waals surface area contributed by atoms with E-state index in [1.54, 1.807) is 0 Å². The Morgan fingerprint density at radius 1 is 1.12 bits per heavy atom. The van der Waals surface area contributed by atoms with Crippen molar-refractivity contribution in [2.24, 2.45) is 0 Å². The number of ether oxygens (including phenoxy) is 1. The summed E-state index contributed by atoms with van der Waals surface area (Å²) in [7, 11) is 0. The molecule has 0 saturated heterocycles. The third-order valence-electron chi connectivity index (χ3n) is 2.49. The highest BCUT2D eigenvalue weighted by Crippen LogP contribution is 2.09. The molecule has 0 rings (SSSR count). The van der Waals surface area contributed by atoms with Gasteiger partial charge in [-0.1, -0.05) is 58.5 Å². The van der Waals surface area contributed by atoms with Crippen LogP contribution in [0.25, 0.3) is 0 Å². The quantitative estimate of drug-likeness (QED) is 0.433. The van der Waals surface area contributed by atoms with E-state index in [1.807, 2.05) is 0 Å². The third kappa shape index (κ3) is 10.0. The fourth-order valence-corrected chi connectivity index (χ4v) is 1.70. The summed E-state index contributed by atoms with van der Waals surface area (Å²) in [5, 5.41) is 0. The average Bonchev–Trinajstić information content (AvgIpc) is 2.31. The highest BCUT2D eigenvalue weighted by molar-refractivity contribution is 9.25. The van der Waals surface area contributed by atoms with Gasteiger partial charge in [0.15, 0.2) is 3.74 Å². The van der Waals surface area contributed by atoms with E-state index in [9.17, 15) is 4.79 Å². The van der Waals surface area contributed by atoms with Crippen LogP contribution >= 0.6 is 31.9 Å². The van der Waals surface area contributed by atoms with Crippen LogP contribution in [0, 0.1) is 0 Å². The summed E-state index contributed by atoms with van der Waals surface area (Å²) in [5.74, 6) is -0.254. The summed E-state index contributed by atoms with van der Waals surface area (Å²) in [6.45, 7) is 7.88. The minimum Gasteiger partial charge on any atom is -0.463 e. The van der Waals surface area contributed by atoms with E-state index >= 15 is 0 Å². The summed E-state index contributed by atoms with van der Waals surface area (Å²) >= 11 is 6.24. The van der Waals surface area contributed by atoms with Crippen LogP contribution in [0.4, 0.5) is 0 Å². The van der Waals surface area contributed by atoms with Gasteiger partial charge in [0.1, 0.15) is 6.61 Å². The lowest BCUT2D eigenvalue weighted by molar-refractivity contribution is -0.141. The predicted molar refractivity (Wildman–Crippen MR) is 78.9 cm³/mol. The van der Waals surface area contributed by atoms with Gasteiger partial charge in [0.25, 0.3) is 0 Å². The van der Waals surface area contributed by atoms with Crippen LogP contribution in [0.2, 0.25) is 0 Å². The van der Waals surface area contributed by atoms with Gasteiger partial charge < -0.3 is 4.74 Å². The number of carbonyl (C=O) groups is 1. The van der Waals surface area contributed by atoms with Gasteiger partial charge in [0, 0.05) is 6.54 Å². The normalized spacial score (nSPS) is 11.2. The molecule has 0 N–H and O–H groups in total. The Morgan fingerprint density at radius 2 is 1.65 bits per heavy atom. The average molecular weight is 373 g/mol. The maximum atomic E-state index is 11.2. The Kier molecular flexibility index (Phi) is 11.7. The minimum absolute atomic E-state index is 0.254. The minimum atomic E-state index is -0.394. The standard InChI is InChI=1S/C12H23Br2NO2/c1-3-5-7-15(8-6-4-2)9-10-17-12(16)11(13)14/h11H,3-10H2,1-2H3. The van der Waals surface area contributed by atoms with Gasteiger partial charge in [-0.25, -0.2) is 4.79 Å². The lowest BCUT2D eigenvalue weighted by Crippen LogP contribution is -2.31. The van der Waals surface area contributed by atoms with Crippen LogP contribution in [0.5, 0.6) is 0 Å². The van der Waals surface area contributed by atoms with Gasteiger partial charge in [-0.2, -0.15) is 0 Å². The van der Waals surface area contributed by atoms with Crippen molar-refractivity contribution in [3.8, 4) is 0 Å². The van der Waals surface area contributed by atoms with Crippen LogP contribution in [-0.4, -0.2) is 40.8 Å². The molecule has 0 aliphatic heterocycles. The molecule has 17 heavy (non-hydrogen) atoms. The molecule has 0 unspecified atom stereocenters. The molecule has 0 radical (unpaired) electrons. The largest absolute Gasteiger partial charge is 0.463 e. The number of carbonyl (C=O) groups excluding carboxylic acids is 1. The number of hydrogen-bond acceptors (Lipinski definition) is 3. The van der Waals surface area contributed by atoms with Crippen molar-refractivity contribution in [3.05, 3.63) is 0 Å². The Morgan fingerprint density at radius 3 is 2.06 bits per heavy atom. The van der Waals surface area contributed by atoms with Gasteiger partial charge in [-0.05, 0) is 25.9 Å². The van der Waals surface area contributed by atoms with E-state index in [1.165, 1.54) is 25.7 Å². The Balaban J connectivity index is 3.77. The number of nitrogens with zero attached hydrogens (tertiary/aromatic N) is 1. The van der Waals surface area contributed by atoms with Crippen molar-refractivity contribution in [2.75, 3.05) is 26.2 Å². The number of rotatable bonds is 10. The molecule has 0 bridgehead atoms. The zero-order valence-electron chi connectivity index (χ0n) is 10.8. The summed E-state index contributed by atoms with van der Waals surface area (Å²) in [5.41, 5.74) is 0. The maximum Gasteiger partial charge on any atom is 0.330 e. The third-order valence-corrected chi connectivity index (χ3v) is 3.23. The van der Waals surface area contributed by atoms with Gasteiger partial charge in [0.05, 0.1) is 0 Å². The smallest absolute Gasteiger partial charge is 0.330 e. The molecule has 0 saturated carbocycles. The molecule has 0 aromatic rings. The number of hydrogen-bond donors (Lipinski definition) is 0. The number of unbranched alkanes of at least 4 members (excludes halogenated alkanes) is 2. The molecule has 0 heterocycles. The first kappa shape index (κ1) is 17.4. The monoisotopic (exact) mass is 371 g/mol. The SMILES string of the molecule is CCCCN(CCCC)CCOC(=O)C(Br)Br. The summed E-state index contributed by atoms with van der Waals surface area (Å²) in [6.07, 6.45) is 4.81. The van der Waals surface area contributed by atoms with Crippen molar-refractivity contribution >= 4 is 37.8 Å². The molecule has 0 aromatic carbocycles. The first-order valence-electron chi connectivity index (χ1n) is 6.28. The van der Waals surface area contributed by atoms with Crippen molar-refractivity contribution < 1.29 is 9.53 Å². The molecule has 0 aliphatic rings. The molecule has 5 heteroatoms. The maximum absolute atomic E-state index is 11.2. The van der Waals surface area contributed by atoms with E-state index in [2.05, 4.69) is 50.6 Å². The second kappa shape index (κ2) is 11.5. The lowest BCUT2D eigenvalue weighted by Gasteiger charge is -2.21. The van der Waals surface area contributed by atoms with Crippen LogP contribution in [0.3, 0.4) is 0 Å². The highest BCUT2D eigenvalue weighted by atomic mass is 79.9. The van der Waals surface area contributed by atoms with Gasteiger partial charge in [-0.15, -0.1) is 0 Å². The Hall–Kier alpha value is 0.390. The van der Waals surface area contributed by atoms with Crippen molar-refractivity contribution in [3.63, 3.8) is 0 Å². The van der Waals surface area contributed by atoms with Gasteiger partial charge >= 0.3 is 5.97 Å². The molecule has 0 spiro atoms. The van der Waals surface area contributed by atoms with Crippen LogP contribution in [-0.2, 0) is 9.53 Å². The Bertz CT molecular complexity index is 193. The fraction of sp³-hybridized carbons (Fsp3) is 0.917. The molecular weight excluding hydrogens is 350 g/mol. The molecular formula is C12H23Br2NO2. The van der Waals surface area contributed by atoms with Crippen molar-refractivity contribution in [1.82, 2.24) is 4.90 Å². The molecule has 0 atom stereocenters. The zero-order chi connectivity index (χ0) is 13.1. The summed E-state index contributed by atoms with van der Waals surface area (Å²) in [6, 6.07) is 0. The Labute approximate surface area is 122 Å². The van der Waals surface area contributed by atoms with E-state index in [0.717, 1.165) is 19.6 Å². The van der Waals surface area contributed by atoms with E-state index in [-0.39, 0.29) is 5.97 Å². The second-order valence-corrected chi connectivity index (χ2v) is 7.08. The number of esters is 1. The predicted octanol–water partition coefficient (Wildman–Crippen LogP) is 3.55. The topological polar surface area (TPSA) is 29.5 Å². The molecule has 0 amide bonds. The zero-order valence-corrected chi connectivity index (χ0v) is 13.9. The fourth-order valence-electron chi connectivity index (χ4n) is 1.44. The second-order valence-electron chi connectivity index (χ2n) is 4.02. The van der Waals surface area contributed by atoms with Crippen LogP contribution in [0.15, 0.2) is 0 Å². The molecule has 0 aliphatic carbocycles. The van der Waals surface area contributed by atoms with Gasteiger partial charge in [0.2, 0.25) is 0 Å². The van der Waals surface area contributed by atoms with E-state index in [4.69, 9.17) is 4.74 Å². The van der Waals surface area contributed by atoms with Crippen molar-refractivity contribution in [2.45, 2.75) is 43.3 Å². The highest BCUT2D eigenvalue weighted by Gasteiger charge is 2.12.